The Bertz CT molecular complexity index is 1730. The van der Waals surface area contributed by atoms with Gasteiger partial charge in [-0.25, -0.2) is 13.1 Å². The van der Waals surface area contributed by atoms with Crippen LogP contribution in [0.4, 0.5) is 5.69 Å². The number of H-pyrrole nitrogens is 1. The predicted molar refractivity (Wildman–Crippen MR) is 178 cm³/mol. The molecule has 12 heteroatoms. The number of sulfonamides is 1. The van der Waals surface area contributed by atoms with Crippen molar-refractivity contribution in [3.05, 3.63) is 82.2 Å². The molecule has 1 aliphatic heterocycles. The molecule has 246 valence electrons. The number of rotatable bonds is 9. The number of ether oxygens (including phenoxy) is 1. The molecule has 46 heavy (non-hydrogen) atoms. The first kappa shape index (κ1) is 32.5. The second-order valence-electron chi connectivity index (χ2n) is 13.3. The van der Waals surface area contributed by atoms with Gasteiger partial charge in [-0.2, -0.15) is 0 Å². The summed E-state index contributed by atoms with van der Waals surface area (Å²) in [4.78, 5) is 15.5. The van der Waals surface area contributed by atoms with Gasteiger partial charge in [0.1, 0.15) is 17.0 Å². The molecule has 3 aliphatic rings. The number of carbonyl (C=O) groups is 1. The van der Waals surface area contributed by atoms with Crippen LogP contribution in [0.2, 0.25) is 5.02 Å². The molecule has 1 fully saturated rings. The Kier molecular flexibility index (Phi) is 8.95. The lowest BCUT2D eigenvalue weighted by molar-refractivity contribution is -0.0529. The van der Waals surface area contributed by atoms with Gasteiger partial charge >= 0.3 is 0 Å². The average molecular weight is 668 g/mol. The van der Waals surface area contributed by atoms with Crippen molar-refractivity contribution >= 4 is 33.2 Å². The molecule has 6 rings (SSSR count). The van der Waals surface area contributed by atoms with Crippen LogP contribution in [0.1, 0.15) is 80.1 Å². The van der Waals surface area contributed by atoms with Crippen molar-refractivity contribution in [3.8, 4) is 5.75 Å². The molecule has 0 saturated heterocycles. The van der Waals surface area contributed by atoms with Crippen LogP contribution in [0.15, 0.2) is 54.7 Å². The van der Waals surface area contributed by atoms with Crippen LogP contribution < -0.4 is 14.4 Å². The smallest absolute Gasteiger partial charge is 0.264 e. The topological polar surface area (TPSA) is 138 Å². The van der Waals surface area contributed by atoms with Gasteiger partial charge in [-0.3, -0.25) is 9.89 Å². The van der Waals surface area contributed by atoms with Crippen molar-refractivity contribution in [2.45, 2.75) is 75.6 Å². The highest BCUT2D eigenvalue weighted by molar-refractivity contribution is 7.90. The summed E-state index contributed by atoms with van der Waals surface area (Å²) in [5.74, 6) is -0.0585. The zero-order chi connectivity index (χ0) is 32.7. The Morgan fingerprint density at radius 3 is 2.80 bits per heavy atom. The van der Waals surface area contributed by atoms with Crippen molar-refractivity contribution in [2.24, 2.45) is 11.8 Å². The molecule has 0 bridgehead atoms. The SMILES string of the molecule is CC/C=C/[C@](O)(c1c[nH]nn1)[C@@H]1CC[C@H]1CN1C[C@@]2(CCCc3cc(Cl)ccc32)COc2ccc(C(=O)NS(=O)(=O)C(C)C)cc21. The van der Waals surface area contributed by atoms with E-state index in [2.05, 4.69) is 37.2 Å². The minimum atomic E-state index is -3.82. The molecule has 2 aliphatic carbocycles. The summed E-state index contributed by atoms with van der Waals surface area (Å²) in [6, 6.07) is 11.2. The fourth-order valence-corrected chi connectivity index (χ4v) is 8.11. The van der Waals surface area contributed by atoms with Gasteiger partial charge in [0, 0.05) is 41.2 Å². The third kappa shape index (κ3) is 6.04. The number of hydrogen-bond donors (Lipinski definition) is 3. The second kappa shape index (κ2) is 12.7. The maximum Gasteiger partial charge on any atom is 0.264 e. The summed E-state index contributed by atoms with van der Waals surface area (Å²) in [7, 11) is -3.82. The summed E-state index contributed by atoms with van der Waals surface area (Å²) >= 11 is 6.42. The first-order valence-electron chi connectivity index (χ1n) is 16.1. The molecular formula is C34H42ClN5O5S. The van der Waals surface area contributed by atoms with E-state index in [0.717, 1.165) is 44.2 Å². The summed E-state index contributed by atoms with van der Waals surface area (Å²) < 4.78 is 33.9. The fourth-order valence-electron chi connectivity index (χ4n) is 7.31. The third-order valence-corrected chi connectivity index (χ3v) is 12.0. The number of aliphatic hydroxyl groups is 1. The standard InChI is InChI=1S/C34H42ClN5O5S/c1-4-5-15-34(42,31-18-36-39-37-31)28-11-8-25(28)19-40-20-33(14-6-7-23-16-26(35)10-12-27(23)33)21-45-30-13-9-24(17-29(30)40)32(41)38-46(43,44)22(2)3/h5,9-10,12-13,15-18,22,25,28,42H,4,6-8,11,14,19-21H2,1-3H3,(H,38,41)(H,36,37,39)/b15-5+/t25-,28+,33-,34+/m0/s1. The molecule has 0 radical (unpaired) electrons. The highest BCUT2D eigenvalue weighted by Crippen LogP contribution is 2.50. The molecule has 2 heterocycles. The van der Waals surface area contributed by atoms with Gasteiger partial charge in [0.25, 0.3) is 5.91 Å². The van der Waals surface area contributed by atoms with E-state index in [1.807, 2.05) is 25.1 Å². The number of carbonyl (C=O) groups excluding carboxylic acids is 1. The van der Waals surface area contributed by atoms with Crippen LogP contribution in [-0.4, -0.2) is 59.8 Å². The number of fused-ring (bicyclic) bond motifs is 3. The number of nitrogens with zero attached hydrogens (tertiary/aromatic N) is 3. The molecule has 1 spiro atoms. The predicted octanol–water partition coefficient (Wildman–Crippen LogP) is 5.28. The largest absolute Gasteiger partial charge is 0.490 e. The summed E-state index contributed by atoms with van der Waals surface area (Å²) in [6.45, 7) is 6.76. The fraction of sp³-hybridized carbons (Fsp3) is 0.500. The van der Waals surface area contributed by atoms with E-state index in [9.17, 15) is 18.3 Å². The lowest BCUT2D eigenvalue weighted by Gasteiger charge is -2.48. The third-order valence-electron chi connectivity index (χ3n) is 10.0. The van der Waals surface area contributed by atoms with Crippen LogP contribution in [0.25, 0.3) is 0 Å². The molecule has 1 aromatic heterocycles. The van der Waals surface area contributed by atoms with E-state index in [1.165, 1.54) is 25.0 Å². The average Bonchev–Trinajstić information content (AvgIpc) is 3.51. The zero-order valence-electron chi connectivity index (χ0n) is 26.5. The van der Waals surface area contributed by atoms with Crippen LogP contribution in [-0.2, 0) is 27.5 Å². The highest BCUT2D eigenvalue weighted by atomic mass is 35.5. The van der Waals surface area contributed by atoms with Crippen molar-refractivity contribution in [1.29, 1.82) is 0 Å². The van der Waals surface area contributed by atoms with Crippen LogP contribution in [0.5, 0.6) is 5.75 Å². The maximum atomic E-state index is 13.2. The number of amides is 1. The van der Waals surface area contributed by atoms with Crippen molar-refractivity contribution in [1.82, 2.24) is 20.1 Å². The van der Waals surface area contributed by atoms with E-state index in [-0.39, 0.29) is 22.8 Å². The van der Waals surface area contributed by atoms with Crippen molar-refractivity contribution in [2.75, 3.05) is 24.6 Å². The molecule has 1 saturated carbocycles. The van der Waals surface area contributed by atoms with Crippen molar-refractivity contribution < 1.29 is 23.1 Å². The Labute approximate surface area is 275 Å². The lowest BCUT2D eigenvalue weighted by Crippen LogP contribution is -2.51. The Morgan fingerprint density at radius 1 is 1.28 bits per heavy atom. The zero-order valence-corrected chi connectivity index (χ0v) is 28.1. The van der Waals surface area contributed by atoms with Crippen molar-refractivity contribution in [3.63, 3.8) is 0 Å². The quantitative estimate of drug-likeness (QED) is 0.262. The van der Waals surface area contributed by atoms with Gasteiger partial charge in [0.05, 0.1) is 17.5 Å². The van der Waals surface area contributed by atoms with Crippen LogP contribution >= 0.6 is 11.6 Å². The van der Waals surface area contributed by atoms with Crippen LogP contribution in [0, 0.1) is 11.8 Å². The van der Waals surface area contributed by atoms with E-state index in [1.54, 1.807) is 24.4 Å². The molecule has 4 atom stereocenters. The molecule has 0 unspecified atom stereocenters. The normalized spacial score (nSPS) is 24.1. The van der Waals surface area contributed by atoms with Gasteiger partial charge in [0.15, 0.2) is 0 Å². The molecule has 3 N–H and O–H groups in total. The number of hydrogen-bond acceptors (Lipinski definition) is 8. The number of allylic oxidation sites excluding steroid dienone is 1. The molecule has 2 aromatic carbocycles. The van der Waals surface area contributed by atoms with E-state index >= 15 is 0 Å². The summed E-state index contributed by atoms with van der Waals surface area (Å²) in [5, 5.41) is 22.9. The Morgan fingerprint density at radius 2 is 2.11 bits per heavy atom. The van der Waals surface area contributed by atoms with Gasteiger partial charge in [-0.1, -0.05) is 42.0 Å². The molecular weight excluding hydrogens is 626 g/mol. The van der Waals surface area contributed by atoms with Crippen LogP contribution in [0.3, 0.4) is 0 Å². The summed E-state index contributed by atoms with van der Waals surface area (Å²) in [6.07, 6.45) is 10.8. The number of aromatic amines is 1. The number of benzene rings is 2. The van der Waals surface area contributed by atoms with E-state index in [0.29, 0.717) is 36.2 Å². The maximum absolute atomic E-state index is 13.2. The monoisotopic (exact) mass is 667 g/mol. The molecule has 10 nitrogen and oxygen atoms in total. The first-order chi connectivity index (χ1) is 22.0. The lowest BCUT2D eigenvalue weighted by atomic mass is 9.63. The number of aryl methyl sites for hydroxylation is 1. The van der Waals surface area contributed by atoms with Gasteiger partial charge in [-0.15, -0.1) is 5.10 Å². The highest BCUT2D eigenvalue weighted by Gasteiger charge is 2.49. The number of anilines is 1. The number of aromatic nitrogens is 3. The molecule has 3 aromatic rings. The minimum Gasteiger partial charge on any atom is -0.490 e. The van der Waals surface area contributed by atoms with Gasteiger partial charge in [0.2, 0.25) is 10.0 Å². The number of nitrogens with one attached hydrogen (secondary N) is 2. The molecule has 1 amide bonds. The first-order valence-corrected chi connectivity index (χ1v) is 18.0. The van der Waals surface area contributed by atoms with E-state index in [4.69, 9.17) is 16.3 Å². The summed E-state index contributed by atoms with van der Waals surface area (Å²) in [5.41, 5.74) is 2.29. The second-order valence-corrected chi connectivity index (χ2v) is 15.9. The van der Waals surface area contributed by atoms with Gasteiger partial charge < -0.3 is 14.7 Å². The minimum absolute atomic E-state index is 0.0956. The van der Waals surface area contributed by atoms with Gasteiger partial charge in [-0.05, 0) is 99.7 Å². The number of halogens is 1. The Hall–Kier alpha value is -3.41. The van der Waals surface area contributed by atoms with E-state index < -0.39 is 26.8 Å². The Balaban J connectivity index is 1.39.